The molecule has 5 nitrogen and oxygen atoms in total. The SMILES string of the molecule is COc1cc(C2CC(C)(C)CC(C)(C)C2)c(N2CCN(CC3CCOCC3)CC2)cc1OC.Cl. The lowest BCUT2D eigenvalue weighted by atomic mass is 9.60. The van der Waals surface area contributed by atoms with Crippen LogP contribution in [0.1, 0.15) is 71.3 Å². The summed E-state index contributed by atoms with van der Waals surface area (Å²) in [7, 11) is 3.51. The van der Waals surface area contributed by atoms with Gasteiger partial charge in [-0.2, -0.15) is 0 Å². The number of nitrogens with zero attached hydrogens (tertiary/aromatic N) is 2. The molecule has 4 rings (SSSR count). The smallest absolute Gasteiger partial charge is 0.162 e. The first-order chi connectivity index (χ1) is 15.7. The molecule has 2 saturated heterocycles. The van der Waals surface area contributed by atoms with Gasteiger partial charge in [0.05, 0.1) is 14.2 Å². The molecule has 0 unspecified atom stereocenters. The van der Waals surface area contributed by atoms with Crippen LogP contribution in [-0.2, 0) is 4.74 Å². The molecule has 1 aromatic rings. The predicted octanol–water partition coefficient (Wildman–Crippen LogP) is 5.99. The minimum Gasteiger partial charge on any atom is -0.493 e. The third kappa shape index (κ3) is 6.53. The average molecular weight is 495 g/mol. The Bertz CT molecular complexity index is 783. The van der Waals surface area contributed by atoms with E-state index in [-0.39, 0.29) is 12.4 Å². The van der Waals surface area contributed by atoms with E-state index in [1.54, 1.807) is 14.2 Å². The monoisotopic (exact) mass is 494 g/mol. The van der Waals surface area contributed by atoms with Crippen LogP contribution in [0.25, 0.3) is 0 Å². The van der Waals surface area contributed by atoms with Crippen molar-refractivity contribution in [3.63, 3.8) is 0 Å². The summed E-state index contributed by atoms with van der Waals surface area (Å²) in [6.07, 6.45) is 6.16. The Morgan fingerprint density at radius 1 is 0.882 bits per heavy atom. The number of benzene rings is 1. The number of halogens is 1. The first-order valence-corrected chi connectivity index (χ1v) is 13.0. The minimum atomic E-state index is 0. The quantitative estimate of drug-likeness (QED) is 0.485. The molecule has 1 aromatic carbocycles. The molecule has 34 heavy (non-hydrogen) atoms. The van der Waals surface area contributed by atoms with E-state index in [2.05, 4.69) is 49.6 Å². The van der Waals surface area contributed by atoms with Crippen molar-refractivity contribution in [2.75, 3.05) is 65.1 Å². The Kier molecular flexibility index (Phi) is 9.08. The van der Waals surface area contributed by atoms with Crippen molar-refractivity contribution < 1.29 is 14.2 Å². The van der Waals surface area contributed by atoms with E-state index >= 15 is 0 Å². The summed E-state index contributed by atoms with van der Waals surface area (Å²) in [4.78, 5) is 5.27. The van der Waals surface area contributed by atoms with Gasteiger partial charge in [-0.15, -0.1) is 12.4 Å². The van der Waals surface area contributed by atoms with Gasteiger partial charge in [0, 0.05) is 57.7 Å². The van der Waals surface area contributed by atoms with Gasteiger partial charge in [-0.25, -0.2) is 0 Å². The standard InChI is InChI=1S/C28H46N2O3.ClH/c1-27(2)17-22(18-28(3,4)20-27)23-15-25(31-5)26(32-6)16-24(23)30-11-9-29(10-12-30)19-21-7-13-33-14-8-21;/h15-16,21-22H,7-14,17-20H2,1-6H3;1H. The summed E-state index contributed by atoms with van der Waals surface area (Å²) in [5.41, 5.74) is 3.50. The van der Waals surface area contributed by atoms with Gasteiger partial charge in [0.15, 0.2) is 11.5 Å². The van der Waals surface area contributed by atoms with Crippen LogP contribution in [0, 0.1) is 16.7 Å². The molecule has 1 aliphatic carbocycles. The molecule has 2 aliphatic heterocycles. The van der Waals surface area contributed by atoms with Crippen LogP contribution in [0.3, 0.4) is 0 Å². The zero-order valence-electron chi connectivity index (χ0n) is 22.3. The van der Waals surface area contributed by atoms with Crippen molar-refractivity contribution in [1.82, 2.24) is 4.90 Å². The highest BCUT2D eigenvalue weighted by atomic mass is 35.5. The van der Waals surface area contributed by atoms with E-state index in [9.17, 15) is 0 Å². The molecule has 0 amide bonds. The first-order valence-electron chi connectivity index (χ1n) is 13.0. The first kappa shape index (κ1) is 27.4. The molecule has 0 bridgehead atoms. The lowest BCUT2D eigenvalue weighted by molar-refractivity contribution is 0.0517. The van der Waals surface area contributed by atoms with Crippen LogP contribution in [-0.4, -0.2) is 65.1 Å². The van der Waals surface area contributed by atoms with Gasteiger partial charge in [0.1, 0.15) is 0 Å². The van der Waals surface area contributed by atoms with Crippen molar-refractivity contribution >= 4 is 18.1 Å². The van der Waals surface area contributed by atoms with Crippen molar-refractivity contribution in [3.05, 3.63) is 17.7 Å². The molecule has 194 valence electrons. The fourth-order valence-corrected chi connectivity index (χ4v) is 7.02. The molecule has 0 atom stereocenters. The zero-order valence-corrected chi connectivity index (χ0v) is 23.1. The number of rotatable bonds is 6. The van der Waals surface area contributed by atoms with E-state index in [0.29, 0.717) is 16.7 Å². The van der Waals surface area contributed by atoms with E-state index in [1.165, 1.54) is 49.9 Å². The van der Waals surface area contributed by atoms with Gasteiger partial charge in [-0.1, -0.05) is 27.7 Å². The molecule has 3 aliphatic rings. The molecule has 0 spiro atoms. The fourth-order valence-electron chi connectivity index (χ4n) is 7.02. The van der Waals surface area contributed by atoms with E-state index in [0.717, 1.165) is 56.8 Å². The molecule has 0 N–H and O–H groups in total. The summed E-state index contributed by atoms with van der Waals surface area (Å²) in [5, 5.41) is 0. The fraction of sp³-hybridized carbons (Fsp3) is 0.786. The minimum absolute atomic E-state index is 0. The van der Waals surface area contributed by atoms with Crippen LogP contribution in [0.15, 0.2) is 12.1 Å². The van der Waals surface area contributed by atoms with E-state index in [4.69, 9.17) is 14.2 Å². The van der Waals surface area contributed by atoms with Crippen molar-refractivity contribution in [2.45, 2.75) is 65.7 Å². The molecule has 3 fully saturated rings. The highest BCUT2D eigenvalue weighted by Gasteiger charge is 2.40. The Hall–Kier alpha value is -1.17. The number of hydrogen-bond acceptors (Lipinski definition) is 5. The molecule has 1 saturated carbocycles. The van der Waals surface area contributed by atoms with Crippen molar-refractivity contribution in [2.24, 2.45) is 16.7 Å². The Morgan fingerprint density at radius 2 is 1.44 bits per heavy atom. The maximum atomic E-state index is 5.75. The van der Waals surface area contributed by atoms with Gasteiger partial charge in [0.25, 0.3) is 0 Å². The number of anilines is 1. The van der Waals surface area contributed by atoms with Crippen LogP contribution >= 0.6 is 12.4 Å². The number of hydrogen-bond donors (Lipinski definition) is 0. The van der Waals surface area contributed by atoms with Crippen LogP contribution in [0.5, 0.6) is 11.5 Å². The average Bonchev–Trinajstić information content (AvgIpc) is 2.77. The van der Waals surface area contributed by atoms with Crippen LogP contribution in [0.4, 0.5) is 5.69 Å². The number of methoxy groups -OCH3 is 2. The molecular weight excluding hydrogens is 448 g/mol. The third-order valence-electron chi connectivity index (χ3n) is 8.10. The molecular formula is C28H47ClN2O3. The second-order valence-corrected chi connectivity index (χ2v) is 12.2. The predicted molar refractivity (Wildman–Crippen MR) is 143 cm³/mol. The second-order valence-electron chi connectivity index (χ2n) is 12.2. The largest absolute Gasteiger partial charge is 0.493 e. The summed E-state index contributed by atoms with van der Waals surface area (Å²) in [6.45, 7) is 17.3. The van der Waals surface area contributed by atoms with Crippen molar-refractivity contribution in [1.29, 1.82) is 0 Å². The van der Waals surface area contributed by atoms with Gasteiger partial charge >= 0.3 is 0 Å². The molecule has 2 heterocycles. The highest BCUT2D eigenvalue weighted by molar-refractivity contribution is 5.85. The van der Waals surface area contributed by atoms with Gasteiger partial charge in [-0.05, 0) is 66.4 Å². The topological polar surface area (TPSA) is 34.2 Å². The van der Waals surface area contributed by atoms with Gasteiger partial charge in [-0.3, -0.25) is 4.90 Å². The van der Waals surface area contributed by atoms with Gasteiger partial charge < -0.3 is 19.1 Å². The normalized spacial score (nSPS) is 23.9. The number of piperazine rings is 1. The van der Waals surface area contributed by atoms with Crippen LogP contribution in [0.2, 0.25) is 0 Å². The maximum absolute atomic E-state index is 5.75. The Morgan fingerprint density at radius 3 is 2.00 bits per heavy atom. The Balaban J connectivity index is 0.00000324. The lowest BCUT2D eigenvalue weighted by Crippen LogP contribution is -2.48. The summed E-state index contributed by atoms with van der Waals surface area (Å²) >= 11 is 0. The third-order valence-corrected chi connectivity index (χ3v) is 8.10. The molecule has 6 heteroatoms. The number of ether oxygens (including phenoxy) is 3. The van der Waals surface area contributed by atoms with Crippen molar-refractivity contribution in [3.8, 4) is 11.5 Å². The summed E-state index contributed by atoms with van der Waals surface area (Å²) < 4.78 is 17.0. The Labute approximate surface area is 213 Å². The maximum Gasteiger partial charge on any atom is 0.162 e. The van der Waals surface area contributed by atoms with E-state index in [1.807, 2.05) is 0 Å². The lowest BCUT2D eigenvalue weighted by Gasteiger charge is -2.46. The summed E-state index contributed by atoms with van der Waals surface area (Å²) in [6, 6.07) is 4.53. The summed E-state index contributed by atoms with van der Waals surface area (Å²) in [5.74, 6) is 3.04. The molecule has 0 aromatic heterocycles. The van der Waals surface area contributed by atoms with Crippen LogP contribution < -0.4 is 14.4 Å². The van der Waals surface area contributed by atoms with Gasteiger partial charge in [0.2, 0.25) is 0 Å². The highest BCUT2D eigenvalue weighted by Crippen LogP contribution is 2.54. The molecule has 0 radical (unpaired) electrons. The second kappa shape index (κ2) is 11.3. The zero-order chi connectivity index (χ0) is 23.6. The van der Waals surface area contributed by atoms with E-state index < -0.39 is 0 Å².